The molecule has 0 aliphatic rings. The van der Waals surface area contributed by atoms with Crippen LogP contribution in [0.5, 0.6) is 0 Å². The summed E-state index contributed by atoms with van der Waals surface area (Å²) in [5, 5.41) is 16.7. The quantitative estimate of drug-likeness (QED) is 0.524. The fourth-order valence-corrected chi connectivity index (χ4v) is 3.42. The van der Waals surface area contributed by atoms with Crippen LogP contribution in [0, 0.1) is 5.41 Å². The number of halogens is 1. The van der Waals surface area contributed by atoms with E-state index < -0.39 is 0 Å². The third kappa shape index (κ3) is 2.58. The zero-order chi connectivity index (χ0) is 16.9. The first kappa shape index (κ1) is 15.3. The van der Waals surface area contributed by atoms with Gasteiger partial charge < -0.3 is 0 Å². The summed E-state index contributed by atoms with van der Waals surface area (Å²) >= 11 is 3.71. The number of nitrogens with zero attached hydrogens (tertiary/aromatic N) is 6. The lowest BCUT2D eigenvalue weighted by atomic mass is 9.97. The Morgan fingerprint density at radius 1 is 1.08 bits per heavy atom. The first-order chi connectivity index (χ1) is 11.4. The highest BCUT2D eigenvalue weighted by atomic mass is 79.9. The predicted molar refractivity (Wildman–Crippen MR) is 96.7 cm³/mol. The summed E-state index contributed by atoms with van der Waals surface area (Å²) < 4.78 is 4.82. The molecule has 0 saturated heterocycles. The summed E-state index contributed by atoms with van der Waals surface area (Å²) in [6.45, 7) is 7.40. The first-order valence-corrected chi connectivity index (χ1v) is 8.53. The molecule has 122 valence electrons. The van der Waals surface area contributed by atoms with Crippen LogP contribution in [0.4, 0.5) is 0 Å². The van der Waals surface area contributed by atoms with E-state index in [9.17, 15) is 0 Å². The summed E-state index contributed by atoms with van der Waals surface area (Å²) in [6, 6.07) is 8.17. The second-order valence-corrected chi connectivity index (χ2v) is 7.91. The molecule has 0 atom stereocenters. The summed E-state index contributed by atoms with van der Waals surface area (Å²) in [4.78, 5) is 0. The molecule has 4 aromatic rings. The van der Waals surface area contributed by atoms with Crippen molar-refractivity contribution in [1.82, 2.24) is 29.6 Å². The van der Waals surface area contributed by atoms with Gasteiger partial charge in [0.15, 0.2) is 5.65 Å². The Morgan fingerprint density at radius 3 is 2.71 bits per heavy atom. The second-order valence-electron chi connectivity index (χ2n) is 7.12. The molecule has 0 fully saturated rings. The minimum absolute atomic E-state index is 0.144. The largest absolute Gasteiger partial charge is 0.288 e. The Balaban J connectivity index is 1.84. The molecule has 6 nitrogen and oxygen atoms in total. The molecule has 0 unspecified atom stereocenters. The lowest BCUT2D eigenvalue weighted by molar-refractivity contribution is 0.327. The minimum Gasteiger partial charge on any atom is -0.288 e. The van der Waals surface area contributed by atoms with Crippen molar-refractivity contribution in [3.05, 3.63) is 41.3 Å². The summed E-state index contributed by atoms with van der Waals surface area (Å²) in [5.74, 6) is 0. The molecule has 1 aromatic carbocycles. The third-order valence-electron chi connectivity index (χ3n) is 3.85. The van der Waals surface area contributed by atoms with E-state index in [0.717, 1.165) is 38.8 Å². The van der Waals surface area contributed by atoms with E-state index in [2.05, 4.69) is 69.3 Å². The van der Waals surface area contributed by atoms with Crippen LogP contribution in [0.25, 0.3) is 27.8 Å². The van der Waals surface area contributed by atoms with E-state index in [4.69, 9.17) is 0 Å². The number of hydrogen-bond donors (Lipinski definition) is 0. The average molecular weight is 385 g/mol. The molecule has 0 aliphatic heterocycles. The Morgan fingerprint density at radius 2 is 1.92 bits per heavy atom. The van der Waals surface area contributed by atoms with Crippen molar-refractivity contribution in [1.29, 1.82) is 0 Å². The second kappa shape index (κ2) is 5.37. The molecule has 0 saturated carbocycles. The van der Waals surface area contributed by atoms with Gasteiger partial charge in [-0.05, 0) is 50.7 Å². The van der Waals surface area contributed by atoms with Gasteiger partial charge in [-0.1, -0.05) is 32.1 Å². The van der Waals surface area contributed by atoms with E-state index in [-0.39, 0.29) is 5.41 Å². The van der Waals surface area contributed by atoms with Gasteiger partial charge in [-0.3, -0.25) is 4.40 Å². The molecular weight excluding hydrogens is 368 g/mol. The fraction of sp³-hybridized carbons (Fsp3) is 0.294. The fourth-order valence-electron chi connectivity index (χ4n) is 2.78. The van der Waals surface area contributed by atoms with Gasteiger partial charge in [-0.25, -0.2) is 4.68 Å². The zero-order valence-corrected chi connectivity index (χ0v) is 15.3. The maximum absolute atomic E-state index is 4.38. The number of benzene rings is 1. The van der Waals surface area contributed by atoms with Crippen LogP contribution in [0.15, 0.2) is 41.3 Å². The highest BCUT2D eigenvalue weighted by Gasteiger charge is 2.17. The van der Waals surface area contributed by atoms with Crippen LogP contribution in [-0.2, 0) is 6.54 Å². The molecule has 0 spiro atoms. The van der Waals surface area contributed by atoms with Crippen LogP contribution in [0.1, 0.15) is 20.8 Å². The number of rotatable bonds is 2. The topological polar surface area (TPSA) is 60.9 Å². The van der Waals surface area contributed by atoms with Crippen molar-refractivity contribution >= 4 is 32.6 Å². The number of hydrogen-bond acceptors (Lipinski definition) is 4. The van der Waals surface area contributed by atoms with E-state index in [1.165, 1.54) is 0 Å². The molecule has 3 heterocycles. The molecule has 7 heteroatoms. The van der Waals surface area contributed by atoms with Crippen LogP contribution < -0.4 is 0 Å². The number of aromatic nitrogens is 6. The molecule has 0 aliphatic carbocycles. The van der Waals surface area contributed by atoms with Crippen molar-refractivity contribution in [3.8, 4) is 11.1 Å². The Labute approximate surface area is 147 Å². The van der Waals surface area contributed by atoms with Crippen molar-refractivity contribution in [3.63, 3.8) is 0 Å². The highest BCUT2D eigenvalue weighted by Crippen LogP contribution is 2.34. The highest BCUT2D eigenvalue weighted by molar-refractivity contribution is 9.10. The maximum atomic E-state index is 4.38. The van der Waals surface area contributed by atoms with E-state index in [0.29, 0.717) is 0 Å². The Hall–Kier alpha value is -2.28. The average Bonchev–Trinajstić information content (AvgIpc) is 3.13. The predicted octanol–water partition coefficient (Wildman–Crippen LogP) is 3.95. The number of fused-ring (bicyclic) bond motifs is 2. The Kier molecular flexibility index (Phi) is 3.42. The summed E-state index contributed by atoms with van der Waals surface area (Å²) in [7, 11) is 0. The van der Waals surface area contributed by atoms with E-state index in [1.807, 2.05) is 27.4 Å². The molecular formula is C17H17BrN6. The molecule has 0 bridgehead atoms. The maximum Gasteiger partial charge on any atom is 0.160 e. The van der Waals surface area contributed by atoms with E-state index >= 15 is 0 Å². The SMILES string of the molecule is CC(C)(C)Cn1nnc2c(Br)c(-c3ccc4nncn4c3)ccc21. The zero-order valence-electron chi connectivity index (χ0n) is 13.7. The lowest BCUT2D eigenvalue weighted by Crippen LogP contribution is -2.16. The molecule has 0 radical (unpaired) electrons. The molecule has 0 amide bonds. The van der Waals surface area contributed by atoms with Crippen LogP contribution in [0.3, 0.4) is 0 Å². The lowest BCUT2D eigenvalue weighted by Gasteiger charge is -2.18. The van der Waals surface area contributed by atoms with Crippen molar-refractivity contribution in [2.45, 2.75) is 27.3 Å². The molecule has 4 rings (SSSR count). The van der Waals surface area contributed by atoms with Gasteiger partial charge in [0.05, 0.1) is 9.99 Å². The van der Waals surface area contributed by atoms with E-state index in [1.54, 1.807) is 6.33 Å². The normalized spacial score (nSPS) is 12.3. The van der Waals surface area contributed by atoms with Crippen molar-refractivity contribution in [2.75, 3.05) is 0 Å². The monoisotopic (exact) mass is 384 g/mol. The van der Waals surface area contributed by atoms with Gasteiger partial charge in [-0.2, -0.15) is 0 Å². The first-order valence-electron chi connectivity index (χ1n) is 7.74. The smallest absolute Gasteiger partial charge is 0.160 e. The number of pyridine rings is 1. The van der Waals surface area contributed by atoms with Crippen molar-refractivity contribution in [2.24, 2.45) is 5.41 Å². The van der Waals surface area contributed by atoms with Gasteiger partial charge in [0.25, 0.3) is 0 Å². The van der Waals surface area contributed by atoms with Crippen LogP contribution in [0.2, 0.25) is 0 Å². The van der Waals surface area contributed by atoms with Gasteiger partial charge in [-0.15, -0.1) is 15.3 Å². The van der Waals surface area contributed by atoms with Crippen molar-refractivity contribution < 1.29 is 0 Å². The van der Waals surface area contributed by atoms with Gasteiger partial charge >= 0.3 is 0 Å². The van der Waals surface area contributed by atoms with Gasteiger partial charge in [0.1, 0.15) is 11.8 Å². The standard InChI is InChI=1S/C17H17BrN6/c1-17(2,3)9-24-13-6-5-12(15(18)16(13)21-22-24)11-4-7-14-20-19-10-23(14)8-11/h4-8,10H,9H2,1-3H3. The summed E-state index contributed by atoms with van der Waals surface area (Å²) in [5.41, 5.74) is 5.02. The van der Waals surface area contributed by atoms with Crippen LogP contribution >= 0.6 is 15.9 Å². The van der Waals surface area contributed by atoms with Gasteiger partial charge in [0.2, 0.25) is 0 Å². The molecule has 3 aromatic heterocycles. The third-order valence-corrected chi connectivity index (χ3v) is 4.65. The summed E-state index contributed by atoms with van der Waals surface area (Å²) in [6.07, 6.45) is 3.71. The minimum atomic E-state index is 0.144. The van der Waals surface area contributed by atoms with Crippen LogP contribution in [-0.4, -0.2) is 29.6 Å². The van der Waals surface area contributed by atoms with Gasteiger partial charge in [0, 0.05) is 12.7 Å². The Bertz CT molecular complexity index is 1040. The molecule has 0 N–H and O–H groups in total. The molecule has 24 heavy (non-hydrogen) atoms.